The molecule has 1 atom stereocenters. The molecule has 0 aliphatic carbocycles. The highest BCUT2D eigenvalue weighted by atomic mass is 79.9. The third-order valence-corrected chi connectivity index (χ3v) is 5.26. The van der Waals surface area contributed by atoms with Crippen molar-refractivity contribution < 1.29 is 23.9 Å². The van der Waals surface area contributed by atoms with Gasteiger partial charge < -0.3 is 15.7 Å². The molecule has 0 bridgehead atoms. The molecule has 8 heteroatoms. The molecule has 2 aromatic carbocycles. The lowest BCUT2D eigenvalue weighted by atomic mass is 10.1. The summed E-state index contributed by atoms with van der Waals surface area (Å²) in [5.41, 5.74) is 0.659. The molecule has 0 fully saturated rings. The predicted octanol–water partition coefficient (Wildman–Crippen LogP) is 4.90. The Bertz CT molecular complexity index is 959. The highest BCUT2D eigenvalue weighted by Gasteiger charge is 2.23. The summed E-state index contributed by atoms with van der Waals surface area (Å²) in [6, 6.07) is 10.8. The molecule has 6 nitrogen and oxygen atoms in total. The van der Waals surface area contributed by atoms with E-state index < -0.39 is 29.6 Å². The molecule has 0 saturated heterocycles. The third kappa shape index (κ3) is 8.26. The maximum absolute atomic E-state index is 13.2. The number of amides is 2. The van der Waals surface area contributed by atoms with Crippen molar-refractivity contribution in [2.75, 3.05) is 0 Å². The molecule has 3 N–H and O–H groups in total. The molecule has 0 aliphatic rings. The lowest BCUT2D eigenvalue weighted by Gasteiger charge is -2.17. The van der Waals surface area contributed by atoms with Gasteiger partial charge in [-0.3, -0.25) is 9.59 Å². The maximum Gasteiger partial charge on any atom is 0.326 e. The molecule has 0 aromatic heterocycles. The van der Waals surface area contributed by atoms with Crippen molar-refractivity contribution in [2.24, 2.45) is 0 Å². The monoisotopic (exact) mass is 504 g/mol. The van der Waals surface area contributed by atoms with Crippen molar-refractivity contribution in [2.45, 2.75) is 45.1 Å². The van der Waals surface area contributed by atoms with Crippen molar-refractivity contribution in [3.8, 4) is 0 Å². The van der Waals surface area contributed by atoms with Crippen LogP contribution in [0, 0.1) is 5.82 Å². The first kappa shape index (κ1) is 25.3. The summed E-state index contributed by atoms with van der Waals surface area (Å²) in [5, 5.41) is 14.5. The molecule has 0 spiro atoms. The Morgan fingerprint density at radius 3 is 2.28 bits per heavy atom. The molecular formula is C24H26BrFN2O4. The van der Waals surface area contributed by atoms with Crippen LogP contribution >= 0.6 is 15.9 Å². The SMILES string of the molecule is CCCCCCC(NC(=O)/C(=C\c1ccc(F)cc1)NC(=O)c1ccc(Br)cc1)C(=O)O. The number of rotatable bonds is 11. The van der Waals surface area contributed by atoms with Gasteiger partial charge in [0.1, 0.15) is 17.6 Å². The Morgan fingerprint density at radius 2 is 1.69 bits per heavy atom. The first-order chi connectivity index (χ1) is 15.3. The smallest absolute Gasteiger partial charge is 0.326 e. The van der Waals surface area contributed by atoms with Crippen molar-refractivity contribution in [1.29, 1.82) is 0 Å². The highest BCUT2D eigenvalue weighted by Crippen LogP contribution is 2.13. The van der Waals surface area contributed by atoms with Gasteiger partial charge in [-0.05, 0) is 54.5 Å². The van der Waals surface area contributed by atoms with Gasteiger partial charge in [0.2, 0.25) is 0 Å². The number of carboxylic acids is 1. The van der Waals surface area contributed by atoms with Gasteiger partial charge in [-0.15, -0.1) is 0 Å². The molecule has 0 heterocycles. The number of benzene rings is 2. The predicted molar refractivity (Wildman–Crippen MR) is 124 cm³/mol. The van der Waals surface area contributed by atoms with E-state index in [0.717, 1.165) is 23.7 Å². The van der Waals surface area contributed by atoms with E-state index in [1.54, 1.807) is 24.3 Å². The van der Waals surface area contributed by atoms with E-state index in [2.05, 4.69) is 33.5 Å². The van der Waals surface area contributed by atoms with Crippen molar-refractivity contribution in [1.82, 2.24) is 10.6 Å². The van der Waals surface area contributed by atoms with Crippen molar-refractivity contribution >= 4 is 39.8 Å². The number of aliphatic carboxylic acids is 1. The van der Waals surface area contributed by atoms with Crippen LogP contribution in [-0.2, 0) is 9.59 Å². The van der Waals surface area contributed by atoms with Gasteiger partial charge in [-0.25, -0.2) is 9.18 Å². The molecule has 2 amide bonds. The number of unbranched alkanes of at least 4 members (excludes halogenated alkanes) is 3. The van der Waals surface area contributed by atoms with E-state index in [4.69, 9.17) is 0 Å². The molecule has 170 valence electrons. The zero-order valence-electron chi connectivity index (χ0n) is 17.7. The maximum atomic E-state index is 13.2. The fraction of sp³-hybridized carbons (Fsp3) is 0.292. The van der Waals surface area contributed by atoms with Gasteiger partial charge in [0.25, 0.3) is 11.8 Å². The summed E-state index contributed by atoms with van der Waals surface area (Å²) < 4.78 is 14.0. The molecule has 2 aromatic rings. The number of nitrogens with one attached hydrogen (secondary N) is 2. The van der Waals surface area contributed by atoms with E-state index in [0.29, 0.717) is 17.5 Å². The molecule has 2 rings (SSSR count). The summed E-state index contributed by atoms with van der Waals surface area (Å²) in [6.45, 7) is 2.05. The zero-order chi connectivity index (χ0) is 23.5. The normalized spacial score (nSPS) is 12.2. The summed E-state index contributed by atoms with van der Waals surface area (Å²) in [6.07, 6.45) is 5.19. The summed E-state index contributed by atoms with van der Waals surface area (Å²) >= 11 is 3.30. The first-order valence-corrected chi connectivity index (χ1v) is 11.2. The van der Waals surface area contributed by atoms with Crippen LogP contribution in [0.25, 0.3) is 6.08 Å². The second-order valence-electron chi connectivity index (χ2n) is 7.28. The molecule has 0 radical (unpaired) electrons. The van der Waals surface area contributed by atoms with Crippen LogP contribution in [0.4, 0.5) is 4.39 Å². The quantitative estimate of drug-likeness (QED) is 0.299. The van der Waals surface area contributed by atoms with Gasteiger partial charge in [-0.1, -0.05) is 60.7 Å². The van der Waals surface area contributed by atoms with Crippen LogP contribution in [0.2, 0.25) is 0 Å². The Labute approximate surface area is 195 Å². The number of carboxylic acid groups (broad SMARTS) is 1. The number of carbonyl (C=O) groups excluding carboxylic acids is 2. The Balaban J connectivity index is 2.22. The second-order valence-corrected chi connectivity index (χ2v) is 8.20. The minimum absolute atomic E-state index is 0.135. The van der Waals surface area contributed by atoms with Gasteiger partial charge in [-0.2, -0.15) is 0 Å². The minimum atomic E-state index is -1.14. The van der Waals surface area contributed by atoms with Crippen LogP contribution < -0.4 is 10.6 Å². The van der Waals surface area contributed by atoms with Gasteiger partial charge in [0.15, 0.2) is 0 Å². The second kappa shape index (κ2) is 12.8. The van der Waals surface area contributed by atoms with Gasteiger partial charge in [0.05, 0.1) is 0 Å². The van der Waals surface area contributed by atoms with E-state index >= 15 is 0 Å². The van der Waals surface area contributed by atoms with E-state index in [-0.39, 0.29) is 12.1 Å². The highest BCUT2D eigenvalue weighted by molar-refractivity contribution is 9.10. The van der Waals surface area contributed by atoms with Crippen molar-refractivity contribution in [3.05, 3.63) is 75.6 Å². The number of hydrogen-bond donors (Lipinski definition) is 3. The number of halogens is 2. The average Bonchev–Trinajstić information content (AvgIpc) is 2.77. The lowest BCUT2D eigenvalue weighted by molar-refractivity contribution is -0.141. The van der Waals surface area contributed by atoms with Crippen LogP contribution in [0.3, 0.4) is 0 Å². The largest absolute Gasteiger partial charge is 0.480 e. The third-order valence-electron chi connectivity index (χ3n) is 4.73. The van der Waals surface area contributed by atoms with E-state index in [1.807, 2.05) is 0 Å². The van der Waals surface area contributed by atoms with Crippen LogP contribution in [-0.4, -0.2) is 28.9 Å². The Kier molecular flexibility index (Phi) is 10.1. The molecule has 0 saturated carbocycles. The molecule has 32 heavy (non-hydrogen) atoms. The molecule has 1 unspecified atom stereocenters. The standard InChI is InChI=1S/C24H26BrFN2O4/c1-2-3-4-5-6-20(24(31)32)27-23(30)21(15-16-7-13-19(26)14-8-16)28-22(29)17-9-11-18(25)12-10-17/h7-15,20H,2-6H2,1H3,(H,27,30)(H,28,29)(H,31,32)/b21-15+. The van der Waals surface area contributed by atoms with Crippen LogP contribution in [0.1, 0.15) is 54.9 Å². The van der Waals surface area contributed by atoms with E-state index in [1.165, 1.54) is 30.3 Å². The summed E-state index contributed by atoms with van der Waals surface area (Å²) in [4.78, 5) is 37.2. The molecular weight excluding hydrogens is 479 g/mol. The minimum Gasteiger partial charge on any atom is -0.480 e. The van der Waals surface area contributed by atoms with Gasteiger partial charge in [0, 0.05) is 10.0 Å². The first-order valence-electron chi connectivity index (χ1n) is 10.4. The van der Waals surface area contributed by atoms with Crippen molar-refractivity contribution in [3.63, 3.8) is 0 Å². The Hall–Kier alpha value is -3.00. The fourth-order valence-electron chi connectivity index (χ4n) is 2.95. The Morgan fingerprint density at radius 1 is 1.03 bits per heavy atom. The fourth-order valence-corrected chi connectivity index (χ4v) is 3.21. The number of carbonyl (C=O) groups is 3. The zero-order valence-corrected chi connectivity index (χ0v) is 19.3. The number of hydrogen-bond acceptors (Lipinski definition) is 3. The van der Waals surface area contributed by atoms with E-state index in [9.17, 15) is 23.9 Å². The van der Waals surface area contributed by atoms with Crippen LogP contribution in [0.5, 0.6) is 0 Å². The van der Waals surface area contributed by atoms with Crippen LogP contribution in [0.15, 0.2) is 58.7 Å². The topological polar surface area (TPSA) is 95.5 Å². The lowest BCUT2D eigenvalue weighted by Crippen LogP contribution is -2.44. The average molecular weight is 505 g/mol. The molecule has 0 aliphatic heterocycles. The summed E-state index contributed by atoms with van der Waals surface area (Å²) in [7, 11) is 0. The summed E-state index contributed by atoms with van der Waals surface area (Å²) in [5.74, 6) is -2.85. The van der Waals surface area contributed by atoms with Gasteiger partial charge >= 0.3 is 5.97 Å².